The molecule has 0 radical (unpaired) electrons. The number of carbonyl (C=O) groups excluding carboxylic acids is 1. The van der Waals surface area contributed by atoms with Gasteiger partial charge in [0.1, 0.15) is 5.60 Å². The van der Waals surface area contributed by atoms with Crippen molar-refractivity contribution in [3.8, 4) is 0 Å². The highest BCUT2D eigenvalue weighted by Crippen LogP contribution is 2.29. The second-order valence-electron chi connectivity index (χ2n) is 4.51. The number of hydrogen-bond acceptors (Lipinski definition) is 2. The van der Waals surface area contributed by atoms with E-state index in [4.69, 9.17) is 4.74 Å². The number of benzene rings is 1. The highest BCUT2D eigenvalue weighted by molar-refractivity contribution is 5.88. The van der Waals surface area contributed by atoms with E-state index in [1.165, 1.54) is 19.2 Å². The maximum absolute atomic E-state index is 12.5. The van der Waals surface area contributed by atoms with Crippen LogP contribution < -0.4 is 0 Å². The Bertz CT molecular complexity index is 436. The summed E-state index contributed by atoms with van der Waals surface area (Å²) in [5, 5.41) is 0. The van der Waals surface area contributed by atoms with Gasteiger partial charge in [-0.1, -0.05) is 18.2 Å². The third kappa shape index (κ3) is 3.57. The molecule has 0 bridgehead atoms. The zero-order chi connectivity index (χ0) is 14.0. The van der Waals surface area contributed by atoms with Crippen molar-refractivity contribution >= 4 is 5.78 Å². The minimum absolute atomic E-state index is 0.0786. The maximum Gasteiger partial charge on any atom is 0.416 e. The molecule has 0 aliphatic rings. The molecule has 0 aliphatic heterocycles. The molecule has 0 saturated heterocycles. The summed E-state index contributed by atoms with van der Waals surface area (Å²) in [7, 11) is 1.39. The second kappa shape index (κ2) is 5.10. The van der Waals surface area contributed by atoms with E-state index >= 15 is 0 Å². The average Bonchev–Trinajstić information content (AvgIpc) is 2.28. The Morgan fingerprint density at radius 2 is 1.89 bits per heavy atom. The first-order chi connectivity index (χ1) is 8.16. The van der Waals surface area contributed by atoms with Crippen LogP contribution in [0.4, 0.5) is 13.2 Å². The zero-order valence-corrected chi connectivity index (χ0v) is 10.5. The number of Topliss-reactive ketones (excluding diaryl/α,β-unsaturated/α-hetero) is 1. The van der Waals surface area contributed by atoms with Crippen molar-refractivity contribution in [3.63, 3.8) is 0 Å². The van der Waals surface area contributed by atoms with Gasteiger partial charge in [0.2, 0.25) is 0 Å². The van der Waals surface area contributed by atoms with Crippen LogP contribution in [0.3, 0.4) is 0 Å². The largest absolute Gasteiger partial charge is 0.416 e. The van der Waals surface area contributed by atoms with E-state index in [0.717, 1.165) is 12.1 Å². The predicted molar refractivity (Wildman–Crippen MR) is 61.2 cm³/mol. The van der Waals surface area contributed by atoms with Crippen LogP contribution >= 0.6 is 0 Å². The summed E-state index contributed by atoms with van der Waals surface area (Å²) in [5.74, 6) is -0.260. The van der Waals surface area contributed by atoms with E-state index in [-0.39, 0.29) is 12.2 Å². The molecule has 0 fully saturated rings. The van der Waals surface area contributed by atoms with Crippen LogP contribution in [-0.4, -0.2) is 18.5 Å². The van der Waals surface area contributed by atoms with E-state index in [1.54, 1.807) is 13.8 Å². The molecule has 18 heavy (non-hydrogen) atoms. The first-order valence-corrected chi connectivity index (χ1v) is 5.41. The van der Waals surface area contributed by atoms with Gasteiger partial charge in [0.15, 0.2) is 5.78 Å². The van der Waals surface area contributed by atoms with Crippen molar-refractivity contribution in [1.29, 1.82) is 0 Å². The summed E-state index contributed by atoms with van der Waals surface area (Å²) in [5.41, 5.74) is -1.41. The monoisotopic (exact) mass is 260 g/mol. The molecule has 0 unspecified atom stereocenters. The summed E-state index contributed by atoms with van der Waals surface area (Å²) < 4.78 is 42.5. The van der Waals surface area contributed by atoms with Gasteiger partial charge in [-0.15, -0.1) is 0 Å². The van der Waals surface area contributed by atoms with Gasteiger partial charge in [0, 0.05) is 13.5 Å². The predicted octanol–water partition coefficient (Wildman–Crippen LogP) is 3.24. The number of halogens is 3. The molecular weight excluding hydrogens is 245 g/mol. The van der Waals surface area contributed by atoms with Gasteiger partial charge < -0.3 is 4.74 Å². The minimum Gasteiger partial charge on any atom is -0.371 e. The first kappa shape index (κ1) is 14.7. The quantitative estimate of drug-likeness (QED) is 0.830. The number of alkyl halides is 3. The molecule has 0 aliphatic carbocycles. The molecule has 0 N–H and O–H groups in total. The summed E-state index contributed by atoms with van der Waals surface area (Å²) >= 11 is 0. The van der Waals surface area contributed by atoms with Crippen molar-refractivity contribution < 1.29 is 22.7 Å². The SMILES string of the molecule is COC(C)(C)C(=O)Cc1cccc(C(F)(F)F)c1. The van der Waals surface area contributed by atoms with Gasteiger partial charge in [-0.3, -0.25) is 4.79 Å². The Morgan fingerprint density at radius 1 is 1.28 bits per heavy atom. The van der Waals surface area contributed by atoms with Crippen LogP contribution in [0.25, 0.3) is 0 Å². The molecule has 5 heteroatoms. The fourth-order valence-corrected chi connectivity index (χ4v) is 1.37. The number of carbonyl (C=O) groups is 1. The number of ether oxygens (including phenoxy) is 1. The minimum atomic E-state index is -4.39. The highest BCUT2D eigenvalue weighted by Gasteiger charge is 2.31. The molecule has 0 spiro atoms. The number of rotatable bonds is 4. The fraction of sp³-hybridized carbons (Fsp3) is 0.462. The smallest absolute Gasteiger partial charge is 0.371 e. The Kier molecular flexibility index (Phi) is 4.16. The van der Waals surface area contributed by atoms with Crippen LogP contribution in [-0.2, 0) is 22.1 Å². The molecule has 100 valence electrons. The Balaban J connectivity index is 2.90. The van der Waals surface area contributed by atoms with E-state index in [2.05, 4.69) is 0 Å². The Labute approximate surface area is 104 Å². The highest BCUT2D eigenvalue weighted by atomic mass is 19.4. The van der Waals surface area contributed by atoms with Crippen molar-refractivity contribution in [1.82, 2.24) is 0 Å². The van der Waals surface area contributed by atoms with Crippen molar-refractivity contribution in [2.75, 3.05) is 7.11 Å². The van der Waals surface area contributed by atoms with Crippen LogP contribution in [0, 0.1) is 0 Å². The lowest BCUT2D eigenvalue weighted by molar-refractivity contribution is -0.138. The summed E-state index contributed by atoms with van der Waals surface area (Å²) in [4.78, 5) is 11.8. The van der Waals surface area contributed by atoms with Gasteiger partial charge in [0.05, 0.1) is 5.56 Å². The number of methoxy groups -OCH3 is 1. The molecule has 0 heterocycles. The van der Waals surface area contributed by atoms with Crippen LogP contribution in [0.15, 0.2) is 24.3 Å². The molecular formula is C13H15F3O2. The number of hydrogen-bond donors (Lipinski definition) is 0. The van der Waals surface area contributed by atoms with E-state index in [0.29, 0.717) is 5.56 Å². The van der Waals surface area contributed by atoms with E-state index < -0.39 is 17.3 Å². The molecule has 2 nitrogen and oxygen atoms in total. The lowest BCUT2D eigenvalue weighted by Gasteiger charge is -2.21. The van der Waals surface area contributed by atoms with Crippen LogP contribution in [0.2, 0.25) is 0 Å². The fourth-order valence-electron chi connectivity index (χ4n) is 1.37. The molecule has 1 rings (SSSR count). The third-order valence-corrected chi connectivity index (χ3v) is 2.80. The topological polar surface area (TPSA) is 26.3 Å². The first-order valence-electron chi connectivity index (χ1n) is 5.41. The number of ketones is 1. The average molecular weight is 260 g/mol. The summed E-state index contributed by atoms with van der Waals surface area (Å²) in [6.45, 7) is 3.17. The summed E-state index contributed by atoms with van der Waals surface area (Å²) in [6, 6.07) is 4.77. The van der Waals surface area contributed by atoms with Crippen molar-refractivity contribution in [2.24, 2.45) is 0 Å². The molecule has 0 amide bonds. The Morgan fingerprint density at radius 3 is 2.39 bits per heavy atom. The van der Waals surface area contributed by atoms with Crippen molar-refractivity contribution in [2.45, 2.75) is 32.0 Å². The van der Waals surface area contributed by atoms with Gasteiger partial charge >= 0.3 is 6.18 Å². The summed E-state index contributed by atoms with van der Waals surface area (Å²) in [6.07, 6.45) is -4.47. The van der Waals surface area contributed by atoms with Crippen molar-refractivity contribution in [3.05, 3.63) is 35.4 Å². The molecule has 0 saturated carbocycles. The van der Waals surface area contributed by atoms with Crippen LogP contribution in [0.1, 0.15) is 25.0 Å². The van der Waals surface area contributed by atoms with Gasteiger partial charge in [-0.2, -0.15) is 13.2 Å². The normalized spacial score (nSPS) is 12.6. The van der Waals surface area contributed by atoms with Gasteiger partial charge in [-0.05, 0) is 25.5 Å². The lowest BCUT2D eigenvalue weighted by Crippen LogP contribution is -2.35. The van der Waals surface area contributed by atoms with Gasteiger partial charge in [0.25, 0.3) is 0 Å². The second-order valence-corrected chi connectivity index (χ2v) is 4.51. The molecule has 1 aromatic rings. The molecule has 1 aromatic carbocycles. The van der Waals surface area contributed by atoms with Crippen LogP contribution in [0.5, 0.6) is 0 Å². The maximum atomic E-state index is 12.5. The molecule has 0 atom stereocenters. The van der Waals surface area contributed by atoms with Gasteiger partial charge in [-0.25, -0.2) is 0 Å². The molecule has 0 aromatic heterocycles. The lowest BCUT2D eigenvalue weighted by atomic mass is 9.96. The standard InChI is InChI=1S/C13H15F3O2/c1-12(2,18-3)11(17)8-9-5-4-6-10(7-9)13(14,15)16/h4-7H,8H2,1-3H3. The van der Waals surface area contributed by atoms with E-state index in [1.807, 2.05) is 0 Å². The zero-order valence-electron chi connectivity index (χ0n) is 10.5. The third-order valence-electron chi connectivity index (χ3n) is 2.80. The van der Waals surface area contributed by atoms with E-state index in [9.17, 15) is 18.0 Å². The Hall–Kier alpha value is -1.36.